The van der Waals surface area contributed by atoms with Crippen molar-refractivity contribution in [3.05, 3.63) is 58.1 Å². The molecule has 0 fully saturated rings. The van der Waals surface area contributed by atoms with Crippen LogP contribution in [0.5, 0.6) is 0 Å². The molecule has 0 saturated heterocycles. The topological polar surface area (TPSA) is 57.8 Å². The first-order valence-electron chi connectivity index (χ1n) is 6.02. The Bertz CT molecular complexity index is 558. The maximum Gasteiger partial charge on any atom is 0.252 e. The van der Waals surface area contributed by atoms with E-state index in [1.807, 2.05) is 0 Å². The van der Waals surface area contributed by atoms with Gasteiger partial charge in [0.05, 0.1) is 6.33 Å². The molecule has 1 aromatic heterocycles. The van der Waals surface area contributed by atoms with Crippen LogP contribution in [0.25, 0.3) is 0 Å². The summed E-state index contributed by atoms with van der Waals surface area (Å²) >= 11 is 0. The Morgan fingerprint density at radius 3 is 2.61 bits per heavy atom. The van der Waals surface area contributed by atoms with E-state index in [-0.39, 0.29) is 5.56 Å². The van der Waals surface area contributed by atoms with Crippen molar-refractivity contribution in [1.29, 1.82) is 0 Å². The van der Waals surface area contributed by atoms with Gasteiger partial charge in [0.15, 0.2) is 0 Å². The monoisotopic (exact) mass is 243 g/mol. The zero-order chi connectivity index (χ0) is 13.0. The van der Waals surface area contributed by atoms with Crippen molar-refractivity contribution in [2.45, 2.75) is 26.3 Å². The maximum absolute atomic E-state index is 11.1. The molecule has 0 spiro atoms. The largest absolute Gasteiger partial charge is 0.366 e. The highest BCUT2D eigenvalue weighted by Gasteiger charge is 1.99. The molecule has 0 unspecified atom stereocenters. The fourth-order valence-electron chi connectivity index (χ4n) is 1.68. The normalized spacial score (nSPS) is 10.6. The van der Waals surface area contributed by atoms with Gasteiger partial charge in [-0.25, -0.2) is 4.98 Å². The molecular weight excluding hydrogens is 226 g/mol. The minimum atomic E-state index is -0.150. The number of nitrogens with zero attached hydrogens (tertiary/aromatic N) is 1. The zero-order valence-corrected chi connectivity index (χ0v) is 10.6. The van der Waals surface area contributed by atoms with Gasteiger partial charge in [-0.3, -0.25) is 4.79 Å². The van der Waals surface area contributed by atoms with E-state index in [0.717, 1.165) is 0 Å². The van der Waals surface area contributed by atoms with Crippen LogP contribution in [-0.2, 0) is 6.54 Å². The molecule has 4 nitrogen and oxygen atoms in total. The highest BCUT2D eigenvalue weighted by atomic mass is 16.1. The molecule has 0 atom stereocenters. The summed E-state index contributed by atoms with van der Waals surface area (Å²) in [7, 11) is 0. The van der Waals surface area contributed by atoms with Gasteiger partial charge < -0.3 is 10.3 Å². The first-order chi connectivity index (χ1) is 8.65. The van der Waals surface area contributed by atoms with Gasteiger partial charge in [-0.15, -0.1) is 0 Å². The second-order valence-electron chi connectivity index (χ2n) is 4.55. The lowest BCUT2D eigenvalue weighted by atomic mass is 10.0. The van der Waals surface area contributed by atoms with Crippen molar-refractivity contribution in [3.63, 3.8) is 0 Å². The smallest absolute Gasteiger partial charge is 0.252 e. The Balaban J connectivity index is 2.00. The summed E-state index contributed by atoms with van der Waals surface area (Å²) in [5.41, 5.74) is 2.34. The van der Waals surface area contributed by atoms with E-state index in [0.29, 0.717) is 18.3 Å². The van der Waals surface area contributed by atoms with E-state index in [2.05, 4.69) is 53.4 Å². The number of H-pyrrole nitrogens is 1. The molecule has 18 heavy (non-hydrogen) atoms. The number of benzene rings is 1. The molecule has 0 aliphatic heterocycles. The average molecular weight is 243 g/mol. The highest BCUT2D eigenvalue weighted by molar-refractivity contribution is 5.34. The van der Waals surface area contributed by atoms with E-state index >= 15 is 0 Å². The number of nitrogens with one attached hydrogen (secondary N) is 2. The van der Waals surface area contributed by atoms with E-state index in [9.17, 15) is 4.79 Å². The molecule has 94 valence electrons. The second-order valence-corrected chi connectivity index (χ2v) is 4.55. The van der Waals surface area contributed by atoms with Crippen LogP contribution in [-0.4, -0.2) is 9.97 Å². The Hall–Kier alpha value is -2.10. The lowest BCUT2D eigenvalue weighted by Crippen LogP contribution is -2.08. The lowest BCUT2D eigenvalue weighted by molar-refractivity contribution is 0.865. The third-order valence-corrected chi connectivity index (χ3v) is 2.80. The summed E-state index contributed by atoms with van der Waals surface area (Å²) in [6, 6.07) is 9.90. The highest BCUT2D eigenvalue weighted by Crippen LogP contribution is 2.15. The summed E-state index contributed by atoms with van der Waals surface area (Å²) in [4.78, 5) is 17.6. The average Bonchev–Trinajstić information content (AvgIpc) is 2.37. The molecule has 2 aromatic rings. The molecule has 0 aliphatic rings. The van der Waals surface area contributed by atoms with Crippen LogP contribution >= 0.6 is 0 Å². The van der Waals surface area contributed by atoms with Crippen LogP contribution in [0.15, 0.2) is 41.5 Å². The molecular formula is C14H17N3O. The van der Waals surface area contributed by atoms with Crippen molar-refractivity contribution in [2.24, 2.45) is 0 Å². The molecule has 1 aromatic carbocycles. The molecule has 1 heterocycles. The zero-order valence-electron chi connectivity index (χ0n) is 10.6. The van der Waals surface area contributed by atoms with Crippen LogP contribution in [0.4, 0.5) is 5.82 Å². The first-order valence-corrected chi connectivity index (χ1v) is 6.02. The molecule has 0 bridgehead atoms. The summed E-state index contributed by atoms with van der Waals surface area (Å²) in [6.45, 7) is 5.01. The quantitative estimate of drug-likeness (QED) is 0.867. The van der Waals surface area contributed by atoms with Crippen LogP contribution in [0, 0.1) is 0 Å². The number of hydrogen-bond donors (Lipinski definition) is 2. The first kappa shape index (κ1) is 12.4. The van der Waals surface area contributed by atoms with Crippen molar-refractivity contribution in [3.8, 4) is 0 Å². The third kappa shape index (κ3) is 3.20. The lowest BCUT2D eigenvalue weighted by Gasteiger charge is -2.08. The summed E-state index contributed by atoms with van der Waals surface area (Å²) in [5.74, 6) is 1.13. The molecule has 2 N–H and O–H groups in total. The van der Waals surface area contributed by atoms with Gasteiger partial charge in [0.2, 0.25) is 0 Å². The van der Waals surface area contributed by atoms with Crippen LogP contribution in [0.1, 0.15) is 30.9 Å². The Morgan fingerprint density at radius 1 is 1.28 bits per heavy atom. The predicted octanol–water partition coefficient (Wildman–Crippen LogP) is 2.51. The minimum absolute atomic E-state index is 0.150. The van der Waals surface area contributed by atoms with Gasteiger partial charge in [-0.1, -0.05) is 38.1 Å². The van der Waals surface area contributed by atoms with Crippen molar-refractivity contribution in [1.82, 2.24) is 9.97 Å². The van der Waals surface area contributed by atoms with Gasteiger partial charge in [-0.2, -0.15) is 0 Å². The minimum Gasteiger partial charge on any atom is -0.366 e. The Labute approximate surface area is 106 Å². The summed E-state index contributed by atoms with van der Waals surface area (Å²) in [6.07, 6.45) is 1.40. The molecule has 0 saturated carbocycles. The van der Waals surface area contributed by atoms with Crippen molar-refractivity contribution < 1.29 is 0 Å². The van der Waals surface area contributed by atoms with Gasteiger partial charge >= 0.3 is 0 Å². The second kappa shape index (κ2) is 5.49. The van der Waals surface area contributed by atoms with Gasteiger partial charge in [0, 0.05) is 12.6 Å². The van der Waals surface area contributed by atoms with Crippen molar-refractivity contribution >= 4 is 5.82 Å². The number of anilines is 1. The SMILES string of the molecule is CC(C)c1ccc(CNc2cc(=O)[nH]cn2)cc1. The van der Waals surface area contributed by atoms with Crippen LogP contribution < -0.4 is 10.9 Å². The molecule has 2 rings (SSSR count). The number of rotatable bonds is 4. The van der Waals surface area contributed by atoms with E-state index in [4.69, 9.17) is 0 Å². The fourth-order valence-corrected chi connectivity index (χ4v) is 1.68. The number of hydrogen-bond acceptors (Lipinski definition) is 3. The predicted molar refractivity (Wildman–Crippen MR) is 72.7 cm³/mol. The third-order valence-electron chi connectivity index (χ3n) is 2.80. The van der Waals surface area contributed by atoms with Crippen LogP contribution in [0.3, 0.4) is 0 Å². The Kier molecular flexibility index (Phi) is 3.77. The number of aromatic amines is 1. The molecule has 4 heteroatoms. The van der Waals surface area contributed by atoms with E-state index < -0.39 is 0 Å². The van der Waals surface area contributed by atoms with Gasteiger partial charge in [0.25, 0.3) is 5.56 Å². The molecule has 0 aliphatic carbocycles. The molecule has 0 radical (unpaired) electrons. The van der Waals surface area contributed by atoms with E-state index in [1.54, 1.807) is 0 Å². The number of aromatic nitrogens is 2. The summed E-state index contributed by atoms with van der Waals surface area (Å²) < 4.78 is 0. The summed E-state index contributed by atoms with van der Waals surface area (Å²) in [5, 5.41) is 3.12. The maximum atomic E-state index is 11.1. The van der Waals surface area contributed by atoms with Crippen LogP contribution in [0.2, 0.25) is 0 Å². The Morgan fingerprint density at radius 2 is 2.00 bits per heavy atom. The fraction of sp³-hybridized carbons (Fsp3) is 0.286. The van der Waals surface area contributed by atoms with Crippen molar-refractivity contribution in [2.75, 3.05) is 5.32 Å². The molecule has 0 amide bonds. The standard InChI is InChI=1S/C14H17N3O/c1-10(2)12-5-3-11(4-6-12)8-15-13-7-14(18)17-9-16-13/h3-7,9-10H,8H2,1-2H3,(H2,15,16,17,18). The van der Waals surface area contributed by atoms with E-state index in [1.165, 1.54) is 23.5 Å². The van der Waals surface area contributed by atoms with Gasteiger partial charge in [-0.05, 0) is 17.0 Å². The van der Waals surface area contributed by atoms with Gasteiger partial charge in [0.1, 0.15) is 5.82 Å².